The van der Waals surface area contributed by atoms with Crippen LogP contribution in [0.25, 0.3) is 0 Å². The lowest BCUT2D eigenvalue weighted by molar-refractivity contribution is -0.134. The molecule has 0 spiro atoms. The fraction of sp³-hybridized carbons (Fsp3) is 0.300. The highest BCUT2D eigenvalue weighted by molar-refractivity contribution is 9.10. The summed E-state index contributed by atoms with van der Waals surface area (Å²) in [6.45, 7) is 1.28. The standard InChI is InChI=1S/C20H21BrN2O3/c21-16-6-8-18(9-7-16)26-14-19(24)23-12-10-17(11-13-23)22-20(25)15-4-2-1-3-5-15/h1-9,17H,10-14H2,(H,22,25). The molecular weight excluding hydrogens is 396 g/mol. The molecule has 0 aromatic heterocycles. The van der Waals surface area contributed by atoms with Gasteiger partial charge in [-0.05, 0) is 49.2 Å². The summed E-state index contributed by atoms with van der Waals surface area (Å²) < 4.78 is 6.51. The molecule has 6 heteroatoms. The van der Waals surface area contributed by atoms with Crippen molar-refractivity contribution in [3.63, 3.8) is 0 Å². The van der Waals surface area contributed by atoms with E-state index in [-0.39, 0.29) is 24.5 Å². The third-order valence-corrected chi connectivity index (χ3v) is 4.92. The van der Waals surface area contributed by atoms with E-state index in [1.807, 2.05) is 42.5 Å². The molecule has 136 valence electrons. The fourth-order valence-electron chi connectivity index (χ4n) is 2.90. The highest BCUT2D eigenvalue weighted by Crippen LogP contribution is 2.17. The number of hydrogen-bond donors (Lipinski definition) is 1. The van der Waals surface area contributed by atoms with Crippen LogP contribution in [0.2, 0.25) is 0 Å². The van der Waals surface area contributed by atoms with Crippen LogP contribution in [0.3, 0.4) is 0 Å². The SMILES string of the molecule is O=C(NC1CCN(C(=O)COc2ccc(Br)cc2)CC1)c1ccccc1. The van der Waals surface area contributed by atoms with E-state index in [0.29, 0.717) is 24.4 Å². The van der Waals surface area contributed by atoms with Crippen LogP contribution in [0.15, 0.2) is 59.1 Å². The minimum absolute atomic E-state index is 0.0271. The molecule has 0 bridgehead atoms. The Balaban J connectivity index is 1.42. The molecule has 0 unspecified atom stereocenters. The van der Waals surface area contributed by atoms with Crippen molar-refractivity contribution in [2.75, 3.05) is 19.7 Å². The number of nitrogens with zero attached hydrogens (tertiary/aromatic N) is 1. The first-order valence-electron chi connectivity index (χ1n) is 8.64. The Kier molecular flexibility index (Phi) is 6.28. The van der Waals surface area contributed by atoms with Crippen LogP contribution in [0.4, 0.5) is 0 Å². The van der Waals surface area contributed by atoms with Crippen LogP contribution in [0.1, 0.15) is 23.2 Å². The van der Waals surface area contributed by atoms with Gasteiger partial charge >= 0.3 is 0 Å². The van der Waals surface area contributed by atoms with Crippen molar-refractivity contribution >= 4 is 27.7 Å². The second kappa shape index (κ2) is 8.85. The van der Waals surface area contributed by atoms with Gasteiger partial charge in [0.25, 0.3) is 11.8 Å². The number of amides is 2. The molecule has 1 aliphatic heterocycles. The Morgan fingerprint density at radius 1 is 1.04 bits per heavy atom. The van der Waals surface area contributed by atoms with Gasteiger partial charge < -0.3 is 15.0 Å². The maximum atomic E-state index is 12.3. The molecule has 0 atom stereocenters. The number of rotatable bonds is 5. The average molecular weight is 417 g/mol. The Hall–Kier alpha value is -2.34. The number of benzene rings is 2. The summed E-state index contributed by atoms with van der Waals surface area (Å²) in [6, 6.07) is 16.7. The summed E-state index contributed by atoms with van der Waals surface area (Å²) in [7, 11) is 0. The van der Waals surface area contributed by atoms with Crippen molar-refractivity contribution in [3.05, 3.63) is 64.6 Å². The maximum Gasteiger partial charge on any atom is 0.260 e. The number of hydrogen-bond acceptors (Lipinski definition) is 3. The second-order valence-corrected chi connectivity index (χ2v) is 7.15. The van der Waals surface area contributed by atoms with Gasteiger partial charge in [-0.25, -0.2) is 0 Å². The zero-order valence-corrected chi connectivity index (χ0v) is 15.9. The highest BCUT2D eigenvalue weighted by Gasteiger charge is 2.24. The molecule has 0 radical (unpaired) electrons. The average Bonchev–Trinajstić information content (AvgIpc) is 2.68. The predicted molar refractivity (Wildman–Crippen MR) is 103 cm³/mol. The summed E-state index contributed by atoms with van der Waals surface area (Å²) in [4.78, 5) is 26.3. The van der Waals surface area contributed by atoms with Crippen LogP contribution < -0.4 is 10.1 Å². The van der Waals surface area contributed by atoms with Gasteiger partial charge in [-0.3, -0.25) is 9.59 Å². The lowest BCUT2D eigenvalue weighted by Crippen LogP contribution is -2.47. The quantitative estimate of drug-likeness (QED) is 0.813. The molecule has 5 nitrogen and oxygen atoms in total. The third-order valence-electron chi connectivity index (χ3n) is 4.39. The van der Waals surface area contributed by atoms with E-state index < -0.39 is 0 Å². The van der Waals surface area contributed by atoms with Crippen molar-refractivity contribution in [1.82, 2.24) is 10.2 Å². The van der Waals surface area contributed by atoms with Crippen LogP contribution in [0.5, 0.6) is 5.75 Å². The van der Waals surface area contributed by atoms with E-state index >= 15 is 0 Å². The van der Waals surface area contributed by atoms with E-state index in [1.54, 1.807) is 17.0 Å². The minimum atomic E-state index is -0.0612. The molecule has 0 aliphatic carbocycles. The number of carbonyl (C=O) groups excluding carboxylic acids is 2. The molecule has 1 heterocycles. The van der Waals surface area contributed by atoms with Gasteiger partial charge in [0.05, 0.1) is 0 Å². The van der Waals surface area contributed by atoms with Gasteiger partial charge in [-0.2, -0.15) is 0 Å². The molecule has 2 amide bonds. The fourth-order valence-corrected chi connectivity index (χ4v) is 3.16. The zero-order valence-electron chi connectivity index (χ0n) is 14.4. The largest absolute Gasteiger partial charge is 0.484 e. The van der Waals surface area contributed by atoms with Crippen LogP contribution in [0, 0.1) is 0 Å². The first-order chi connectivity index (χ1) is 12.6. The molecule has 1 aliphatic rings. The van der Waals surface area contributed by atoms with Gasteiger partial charge in [0.2, 0.25) is 0 Å². The van der Waals surface area contributed by atoms with Gasteiger partial charge in [0.1, 0.15) is 5.75 Å². The van der Waals surface area contributed by atoms with Gasteiger partial charge in [0.15, 0.2) is 6.61 Å². The smallest absolute Gasteiger partial charge is 0.260 e. The number of carbonyl (C=O) groups is 2. The lowest BCUT2D eigenvalue weighted by Gasteiger charge is -2.32. The number of ether oxygens (including phenoxy) is 1. The third kappa shape index (κ3) is 5.08. The Morgan fingerprint density at radius 2 is 1.69 bits per heavy atom. The normalized spacial score (nSPS) is 14.7. The molecule has 1 fully saturated rings. The minimum Gasteiger partial charge on any atom is -0.484 e. The lowest BCUT2D eigenvalue weighted by atomic mass is 10.0. The number of nitrogens with one attached hydrogen (secondary N) is 1. The second-order valence-electron chi connectivity index (χ2n) is 6.24. The molecule has 2 aromatic rings. The molecule has 26 heavy (non-hydrogen) atoms. The first kappa shape index (κ1) is 18.5. The number of halogens is 1. The summed E-state index contributed by atoms with van der Waals surface area (Å²) in [5, 5.41) is 3.05. The number of piperidine rings is 1. The van der Waals surface area contributed by atoms with E-state index in [4.69, 9.17) is 4.74 Å². The summed E-state index contributed by atoms with van der Waals surface area (Å²) in [5.41, 5.74) is 0.661. The van der Waals surface area contributed by atoms with Gasteiger partial charge in [0, 0.05) is 29.2 Å². The Labute approximate surface area is 161 Å². The summed E-state index contributed by atoms with van der Waals surface area (Å²) >= 11 is 3.36. The van der Waals surface area contributed by atoms with Crippen LogP contribution in [-0.2, 0) is 4.79 Å². The molecule has 3 rings (SSSR count). The van der Waals surface area contributed by atoms with E-state index in [1.165, 1.54) is 0 Å². The topological polar surface area (TPSA) is 58.6 Å². The molecule has 1 saturated heterocycles. The van der Waals surface area contributed by atoms with Crippen molar-refractivity contribution in [2.45, 2.75) is 18.9 Å². The van der Waals surface area contributed by atoms with Crippen molar-refractivity contribution < 1.29 is 14.3 Å². The van der Waals surface area contributed by atoms with Crippen molar-refractivity contribution in [1.29, 1.82) is 0 Å². The molecule has 2 aromatic carbocycles. The summed E-state index contributed by atoms with van der Waals surface area (Å²) in [6.07, 6.45) is 1.51. The maximum absolute atomic E-state index is 12.3. The van der Waals surface area contributed by atoms with Gasteiger partial charge in [-0.1, -0.05) is 34.1 Å². The molecule has 0 saturated carbocycles. The van der Waals surface area contributed by atoms with Gasteiger partial charge in [-0.15, -0.1) is 0 Å². The monoisotopic (exact) mass is 416 g/mol. The van der Waals surface area contributed by atoms with E-state index in [9.17, 15) is 9.59 Å². The van der Waals surface area contributed by atoms with E-state index in [2.05, 4.69) is 21.2 Å². The van der Waals surface area contributed by atoms with Crippen LogP contribution >= 0.6 is 15.9 Å². The predicted octanol–water partition coefficient (Wildman–Crippen LogP) is 3.25. The number of likely N-dealkylation sites (tertiary alicyclic amines) is 1. The summed E-state index contributed by atoms with van der Waals surface area (Å²) in [5.74, 6) is 0.585. The molecular formula is C20H21BrN2O3. The Bertz CT molecular complexity index is 741. The molecule has 1 N–H and O–H groups in total. The highest BCUT2D eigenvalue weighted by atomic mass is 79.9. The first-order valence-corrected chi connectivity index (χ1v) is 9.43. The van der Waals surface area contributed by atoms with Crippen LogP contribution in [-0.4, -0.2) is 42.5 Å². The zero-order chi connectivity index (χ0) is 18.4. The Morgan fingerprint density at radius 3 is 2.35 bits per heavy atom. The van der Waals surface area contributed by atoms with Crippen molar-refractivity contribution in [2.24, 2.45) is 0 Å². The van der Waals surface area contributed by atoms with Crippen molar-refractivity contribution in [3.8, 4) is 5.75 Å². The van der Waals surface area contributed by atoms with E-state index in [0.717, 1.165) is 17.3 Å².